The van der Waals surface area contributed by atoms with Crippen molar-refractivity contribution < 1.29 is 13.5 Å². The minimum Gasteiger partial charge on any atom is -0.496 e. The molecule has 0 atom stereocenters. The summed E-state index contributed by atoms with van der Waals surface area (Å²) in [7, 11) is 1.42. The molecule has 1 aromatic carbocycles. The standard InChI is InChI=1S/C19H17F2N3OS/c1-25-17-8-13(20)5-6-14(17)15-9-18(23-10-16(15)21)24-19-12(11-26-2)4-3-7-22-19/h3-10H,11H2,1-2H3,(H,22,23,24). The van der Waals surface area contributed by atoms with E-state index in [1.807, 2.05) is 18.4 Å². The number of halogens is 2. The van der Waals surface area contributed by atoms with Crippen LogP contribution < -0.4 is 10.1 Å². The molecule has 2 heterocycles. The molecule has 0 unspecified atom stereocenters. The number of methoxy groups -OCH3 is 1. The zero-order valence-electron chi connectivity index (χ0n) is 14.3. The van der Waals surface area contributed by atoms with E-state index in [0.29, 0.717) is 17.2 Å². The van der Waals surface area contributed by atoms with Crippen LogP contribution in [0.25, 0.3) is 11.1 Å². The first kappa shape index (κ1) is 18.1. The van der Waals surface area contributed by atoms with Crippen LogP contribution in [0.3, 0.4) is 0 Å². The lowest BCUT2D eigenvalue weighted by atomic mass is 10.0. The van der Waals surface area contributed by atoms with Crippen LogP contribution in [0.15, 0.2) is 48.8 Å². The smallest absolute Gasteiger partial charge is 0.149 e. The zero-order valence-corrected chi connectivity index (χ0v) is 15.1. The molecule has 26 heavy (non-hydrogen) atoms. The first-order chi connectivity index (χ1) is 12.6. The van der Waals surface area contributed by atoms with E-state index >= 15 is 0 Å². The molecular formula is C19H17F2N3OS. The maximum absolute atomic E-state index is 14.4. The molecule has 0 aliphatic heterocycles. The summed E-state index contributed by atoms with van der Waals surface area (Å²) in [6.07, 6.45) is 4.81. The molecule has 3 rings (SSSR count). The van der Waals surface area contributed by atoms with E-state index in [-0.39, 0.29) is 11.3 Å². The fourth-order valence-corrected chi connectivity index (χ4v) is 3.09. The molecule has 7 heteroatoms. The van der Waals surface area contributed by atoms with E-state index in [0.717, 1.165) is 17.5 Å². The van der Waals surface area contributed by atoms with Gasteiger partial charge in [0.2, 0.25) is 0 Å². The molecule has 0 spiro atoms. The van der Waals surface area contributed by atoms with Crippen molar-refractivity contribution in [1.29, 1.82) is 0 Å². The van der Waals surface area contributed by atoms with Gasteiger partial charge in [-0.15, -0.1) is 0 Å². The molecule has 0 aliphatic carbocycles. The Morgan fingerprint density at radius 1 is 1.12 bits per heavy atom. The van der Waals surface area contributed by atoms with E-state index < -0.39 is 11.6 Å². The van der Waals surface area contributed by atoms with Gasteiger partial charge in [-0.2, -0.15) is 11.8 Å². The second kappa shape index (κ2) is 8.14. The first-order valence-corrected chi connectivity index (χ1v) is 9.21. The Labute approximate surface area is 154 Å². The highest BCUT2D eigenvalue weighted by atomic mass is 32.2. The number of hydrogen-bond acceptors (Lipinski definition) is 5. The Balaban J connectivity index is 1.99. The van der Waals surface area contributed by atoms with E-state index in [2.05, 4.69) is 15.3 Å². The molecule has 2 aromatic heterocycles. The van der Waals surface area contributed by atoms with Crippen molar-refractivity contribution >= 4 is 23.4 Å². The number of anilines is 2. The molecular weight excluding hydrogens is 356 g/mol. The van der Waals surface area contributed by atoms with Gasteiger partial charge in [0.05, 0.1) is 13.3 Å². The van der Waals surface area contributed by atoms with Crippen LogP contribution in [0.1, 0.15) is 5.56 Å². The highest BCUT2D eigenvalue weighted by Gasteiger charge is 2.14. The van der Waals surface area contributed by atoms with Gasteiger partial charge < -0.3 is 10.1 Å². The van der Waals surface area contributed by atoms with Gasteiger partial charge >= 0.3 is 0 Å². The van der Waals surface area contributed by atoms with Crippen LogP contribution in [0.2, 0.25) is 0 Å². The summed E-state index contributed by atoms with van der Waals surface area (Å²) in [6.45, 7) is 0. The van der Waals surface area contributed by atoms with Crippen molar-refractivity contribution in [3.05, 3.63) is 66.0 Å². The molecule has 134 valence electrons. The zero-order chi connectivity index (χ0) is 18.5. The van der Waals surface area contributed by atoms with Crippen LogP contribution in [0.5, 0.6) is 5.75 Å². The molecule has 4 nitrogen and oxygen atoms in total. The van der Waals surface area contributed by atoms with Gasteiger partial charge in [-0.05, 0) is 30.5 Å². The molecule has 3 aromatic rings. The number of nitrogens with one attached hydrogen (secondary N) is 1. The fourth-order valence-electron chi connectivity index (χ4n) is 2.55. The number of benzene rings is 1. The summed E-state index contributed by atoms with van der Waals surface area (Å²) < 4.78 is 33.0. The summed E-state index contributed by atoms with van der Waals surface area (Å²) in [6, 6.07) is 9.36. The lowest BCUT2D eigenvalue weighted by Gasteiger charge is -2.13. The molecule has 0 bridgehead atoms. The third-order valence-electron chi connectivity index (χ3n) is 3.75. The van der Waals surface area contributed by atoms with Crippen molar-refractivity contribution in [2.24, 2.45) is 0 Å². The van der Waals surface area contributed by atoms with Gasteiger partial charge in [0.25, 0.3) is 0 Å². The Bertz CT molecular complexity index is 921. The van der Waals surface area contributed by atoms with E-state index in [4.69, 9.17) is 4.74 Å². The largest absolute Gasteiger partial charge is 0.496 e. The van der Waals surface area contributed by atoms with Gasteiger partial charge in [-0.3, -0.25) is 0 Å². The van der Waals surface area contributed by atoms with Crippen molar-refractivity contribution in [2.45, 2.75) is 5.75 Å². The third-order valence-corrected chi connectivity index (χ3v) is 4.35. The molecule has 0 fully saturated rings. The van der Waals surface area contributed by atoms with Crippen LogP contribution in [0, 0.1) is 11.6 Å². The summed E-state index contributed by atoms with van der Waals surface area (Å²) in [5, 5.41) is 3.13. The Morgan fingerprint density at radius 3 is 2.73 bits per heavy atom. The first-order valence-electron chi connectivity index (χ1n) is 7.81. The summed E-state index contributed by atoms with van der Waals surface area (Å²) in [5.41, 5.74) is 1.73. The van der Waals surface area contributed by atoms with E-state index in [1.165, 1.54) is 25.3 Å². The van der Waals surface area contributed by atoms with Gasteiger partial charge in [-0.1, -0.05) is 6.07 Å². The molecule has 1 N–H and O–H groups in total. The quantitative estimate of drug-likeness (QED) is 0.656. The van der Waals surface area contributed by atoms with Crippen molar-refractivity contribution in [3.8, 4) is 16.9 Å². The third kappa shape index (κ3) is 3.94. The minimum absolute atomic E-state index is 0.252. The van der Waals surface area contributed by atoms with Gasteiger partial charge in [0, 0.05) is 34.7 Å². The molecule has 0 aliphatic rings. The number of thioether (sulfide) groups is 1. The predicted octanol–water partition coefficient (Wildman–Crippen LogP) is 5.04. The lowest BCUT2D eigenvalue weighted by molar-refractivity contribution is 0.412. The van der Waals surface area contributed by atoms with Crippen molar-refractivity contribution in [3.63, 3.8) is 0 Å². The van der Waals surface area contributed by atoms with Crippen molar-refractivity contribution in [1.82, 2.24) is 9.97 Å². The fraction of sp³-hybridized carbons (Fsp3) is 0.158. The number of pyridine rings is 2. The number of aromatic nitrogens is 2. The molecule has 0 saturated heterocycles. The summed E-state index contributed by atoms with van der Waals surface area (Å²) in [5.74, 6) is 1.17. The summed E-state index contributed by atoms with van der Waals surface area (Å²) >= 11 is 1.68. The Hall–Kier alpha value is -2.67. The molecule has 0 saturated carbocycles. The minimum atomic E-state index is -0.522. The predicted molar refractivity (Wildman–Crippen MR) is 101 cm³/mol. The van der Waals surface area contributed by atoms with Crippen LogP contribution >= 0.6 is 11.8 Å². The van der Waals surface area contributed by atoms with Gasteiger partial charge in [-0.25, -0.2) is 18.7 Å². The monoisotopic (exact) mass is 373 g/mol. The molecule has 0 radical (unpaired) electrons. The topological polar surface area (TPSA) is 47.0 Å². The van der Waals surface area contributed by atoms with E-state index in [9.17, 15) is 8.78 Å². The molecule has 0 amide bonds. The second-order valence-corrected chi connectivity index (χ2v) is 6.33. The average molecular weight is 373 g/mol. The number of rotatable bonds is 6. The maximum Gasteiger partial charge on any atom is 0.149 e. The second-order valence-electron chi connectivity index (χ2n) is 5.46. The van der Waals surface area contributed by atoms with Gasteiger partial charge in [0.15, 0.2) is 0 Å². The number of ether oxygens (including phenoxy) is 1. The number of nitrogens with zero attached hydrogens (tertiary/aromatic N) is 2. The summed E-state index contributed by atoms with van der Waals surface area (Å²) in [4.78, 5) is 8.42. The van der Waals surface area contributed by atoms with Gasteiger partial charge in [0.1, 0.15) is 29.0 Å². The SMILES string of the molecule is COc1cc(F)ccc1-c1cc(Nc2ncccc2CSC)ncc1F. The highest BCUT2D eigenvalue weighted by molar-refractivity contribution is 7.97. The average Bonchev–Trinajstić information content (AvgIpc) is 2.65. The van der Waals surface area contributed by atoms with Crippen LogP contribution in [0.4, 0.5) is 20.4 Å². The lowest BCUT2D eigenvalue weighted by Crippen LogP contribution is -2.01. The Kier molecular flexibility index (Phi) is 5.68. The van der Waals surface area contributed by atoms with E-state index in [1.54, 1.807) is 24.0 Å². The normalized spacial score (nSPS) is 10.6. The number of hydrogen-bond donors (Lipinski definition) is 1. The highest BCUT2D eigenvalue weighted by Crippen LogP contribution is 2.34. The maximum atomic E-state index is 14.4. The Morgan fingerprint density at radius 2 is 1.96 bits per heavy atom. The van der Waals surface area contributed by atoms with Crippen LogP contribution in [-0.4, -0.2) is 23.3 Å². The van der Waals surface area contributed by atoms with Crippen LogP contribution in [-0.2, 0) is 5.75 Å². The van der Waals surface area contributed by atoms with Crippen molar-refractivity contribution in [2.75, 3.05) is 18.7 Å².